The summed E-state index contributed by atoms with van der Waals surface area (Å²) in [5.74, 6) is 0.476. The van der Waals surface area contributed by atoms with Crippen LogP contribution in [0.15, 0.2) is 59.5 Å². The molecule has 11 nitrogen and oxygen atoms in total. The van der Waals surface area contributed by atoms with E-state index in [1.807, 2.05) is 30.3 Å². The Bertz CT molecular complexity index is 1240. The summed E-state index contributed by atoms with van der Waals surface area (Å²) < 4.78 is 50.2. The Balaban J connectivity index is 1.33. The van der Waals surface area contributed by atoms with Crippen LogP contribution in [0.25, 0.3) is 0 Å². The predicted octanol–water partition coefficient (Wildman–Crippen LogP) is 3.02. The van der Waals surface area contributed by atoms with E-state index in [4.69, 9.17) is 23.8 Å². The molecule has 224 valence electrons. The lowest BCUT2D eigenvalue weighted by Crippen LogP contribution is -2.51. The molecule has 41 heavy (non-hydrogen) atoms. The maximum absolute atomic E-state index is 13.7. The van der Waals surface area contributed by atoms with Crippen LogP contribution in [-0.4, -0.2) is 81.6 Å². The number of nitrogens with zero attached hydrogens (tertiary/aromatic N) is 1. The average Bonchev–Trinajstić information content (AvgIpc) is 3.74. The number of amides is 1. The van der Waals surface area contributed by atoms with Gasteiger partial charge < -0.3 is 29.4 Å². The van der Waals surface area contributed by atoms with Crippen LogP contribution in [-0.2, 0) is 35.5 Å². The van der Waals surface area contributed by atoms with Gasteiger partial charge in [0, 0.05) is 0 Å². The highest BCUT2D eigenvalue weighted by molar-refractivity contribution is 7.89. The van der Waals surface area contributed by atoms with E-state index in [9.17, 15) is 18.3 Å². The van der Waals surface area contributed by atoms with Crippen molar-refractivity contribution in [1.82, 2.24) is 9.79 Å². The summed E-state index contributed by atoms with van der Waals surface area (Å²) in [4.78, 5) is 19.0. The number of carbonyl (C=O) groups is 1. The molecule has 2 heterocycles. The summed E-state index contributed by atoms with van der Waals surface area (Å²) in [6.07, 6.45) is 1.13. The fourth-order valence-electron chi connectivity index (χ4n) is 5.52. The number of sulfonamides is 1. The first-order valence-electron chi connectivity index (χ1n) is 14.1. The lowest BCUT2D eigenvalue weighted by molar-refractivity contribution is -0.145. The number of nitrogens with one attached hydrogen (secondary N) is 1. The standard InChI is InChI=1S/C29H38N2O9S/c1-36-21-11-13-23(14-12-21)41(34,35)31(40-22-9-5-6-10-22)18-26(32)25(17-20-7-3-2-4-8-20)30-29(33)39-27-19-38-28-24(27)15-16-37-28/h2-4,7-8,11-14,22,24-28,32H,5-6,9-10,15-19H2,1H3,(H,30,33)/t24-,25+,26+,27-,28+/m1/s1. The molecule has 0 aromatic heterocycles. The van der Waals surface area contributed by atoms with Crippen molar-refractivity contribution in [2.45, 2.75) is 74.1 Å². The van der Waals surface area contributed by atoms with Crippen LogP contribution in [0.4, 0.5) is 4.79 Å². The van der Waals surface area contributed by atoms with Crippen LogP contribution in [0.2, 0.25) is 0 Å². The lowest BCUT2D eigenvalue weighted by Gasteiger charge is -2.31. The molecule has 0 bridgehead atoms. The van der Waals surface area contributed by atoms with E-state index in [1.165, 1.54) is 19.2 Å². The molecule has 2 aromatic carbocycles. The number of alkyl carbamates (subject to hydrolysis) is 1. The highest BCUT2D eigenvalue weighted by atomic mass is 32.2. The van der Waals surface area contributed by atoms with Crippen LogP contribution >= 0.6 is 0 Å². The number of aliphatic hydroxyl groups is 1. The minimum absolute atomic E-state index is 0.00467. The third-order valence-electron chi connectivity index (χ3n) is 7.84. The first-order valence-corrected chi connectivity index (χ1v) is 15.5. The Morgan fingerprint density at radius 3 is 2.51 bits per heavy atom. The van der Waals surface area contributed by atoms with Gasteiger partial charge in [-0.05, 0) is 55.5 Å². The van der Waals surface area contributed by atoms with E-state index in [2.05, 4.69) is 5.32 Å². The van der Waals surface area contributed by atoms with Gasteiger partial charge in [-0.3, -0.25) is 4.84 Å². The normalized spacial score (nSPS) is 24.2. The fourth-order valence-corrected chi connectivity index (χ4v) is 6.82. The van der Waals surface area contributed by atoms with Crippen molar-refractivity contribution in [1.29, 1.82) is 0 Å². The third-order valence-corrected chi connectivity index (χ3v) is 9.48. The molecular weight excluding hydrogens is 552 g/mol. The number of rotatable bonds is 12. The van der Waals surface area contributed by atoms with Gasteiger partial charge in [-0.25, -0.2) is 13.2 Å². The Kier molecular flexibility index (Phi) is 9.79. The minimum Gasteiger partial charge on any atom is -0.497 e. The largest absolute Gasteiger partial charge is 0.497 e. The summed E-state index contributed by atoms with van der Waals surface area (Å²) in [6, 6.07) is 14.4. The van der Waals surface area contributed by atoms with Crippen molar-refractivity contribution in [3.63, 3.8) is 0 Å². The van der Waals surface area contributed by atoms with Gasteiger partial charge in [0.05, 0.1) is 55.9 Å². The topological polar surface area (TPSA) is 133 Å². The summed E-state index contributed by atoms with van der Waals surface area (Å²) in [5.41, 5.74) is 0.853. The molecule has 0 spiro atoms. The van der Waals surface area contributed by atoms with Crippen molar-refractivity contribution < 1.29 is 42.1 Å². The molecule has 2 aromatic rings. The summed E-state index contributed by atoms with van der Waals surface area (Å²) in [7, 11) is -2.65. The molecule has 0 radical (unpaired) electrons. The van der Waals surface area contributed by atoms with Gasteiger partial charge in [-0.1, -0.05) is 47.6 Å². The zero-order valence-corrected chi connectivity index (χ0v) is 23.9. The Labute approximate surface area is 240 Å². The van der Waals surface area contributed by atoms with E-state index in [-0.39, 0.29) is 36.2 Å². The van der Waals surface area contributed by atoms with Crippen LogP contribution in [0.1, 0.15) is 37.7 Å². The second-order valence-electron chi connectivity index (χ2n) is 10.7. The van der Waals surface area contributed by atoms with Crippen molar-refractivity contribution in [3.05, 3.63) is 60.2 Å². The molecule has 2 aliphatic heterocycles. The summed E-state index contributed by atoms with van der Waals surface area (Å²) >= 11 is 0. The number of methoxy groups -OCH3 is 1. The molecule has 1 saturated carbocycles. The molecule has 3 aliphatic rings. The zero-order chi connectivity index (χ0) is 28.8. The smallest absolute Gasteiger partial charge is 0.407 e. The third kappa shape index (κ3) is 7.37. The van der Waals surface area contributed by atoms with E-state index < -0.39 is 40.9 Å². The maximum atomic E-state index is 13.7. The zero-order valence-electron chi connectivity index (χ0n) is 23.1. The molecule has 1 amide bonds. The number of carbonyl (C=O) groups excluding carboxylic acids is 1. The van der Waals surface area contributed by atoms with Gasteiger partial charge >= 0.3 is 6.09 Å². The quantitative estimate of drug-likeness (QED) is 0.358. The van der Waals surface area contributed by atoms with Crippen molar-refractivity contribution in [2.75, 3.05) is 26.9 Å². The molecule has 3 fully saturated rings. The Morgan fingerprint density at radius 1 is 1.07 bits per heavy atom. The molecule has 0 unspecified atom stereocenters. The maximum Gasteiger partial charge on any atom is 0.407 e. The molecule has 5 rings (SSSR count). The first kappa shape index (κ1) is 29.7. The molecular formula is C29H38N2O9S. The number of fused-ring (bicyclic) bond motifs is 1. The monoisotopic (exact) mass is 590 g/mol. The minimum atomic E-state index is -4.15. The van der Waals surface area contributed by atoms with Gasteiger partial charge in [-0.2, -0.15) is 0 Å². The van der Waals surface area contributed by atoms with Gasteiger partial charge in [0.1, 0.15) is 11.9 Å². The predicted molar refractivity (Wildman–Crippen MR) is 147 cm³/mol. The van der Waals surface area contributed by atoms with Gasteiger partial charge in [0.15, 0.2) is 6.29 Å². The van der Waals surface area contributed by atoms with Crippen LogP contribution < -0.4 is 10.1 Å². The molecule has 1 aliphatic carbocycles. The summed E-state index contributed by atoms with van der Waals surface area (Å²) in [6.45, 7) is 0.386. The molecule has 2 saturated heterocycles. The molecule has 2 N–H and O–H groups in total. The van der Waals surface area contributed by atoms with E-state index >= 15 is 0 Å². The van der Waals surface area contributed by atoms with Crippen molar-refractivity contribution in [3.8, 4) is 5.75 Å². The number of aliphatic hydroxyl groups excluding tert-OH is 1. The van der Waals surface area contributed by atoms with Crippen LogP contribution in [0, 0.1) is 5.92 Å². The molecule has 12 heteroatoms. The van der Waals surface area contributed by atoms with Crippen molar-refractivity contribution >= 4 is 16.1 Å². The van der Waals surface area contributed by atoms with E-state index in [0.29, 0.717) is 12.4 Å². The van der Waals surface area contributed by atoms with E-state index in [1.54, 1.807) is 12.1 Å². The fraction of sp³-hybridized carbons (Fsp3) is 0.552. The van der Waals surface area contributed by atoms with Gasteiger partial charge in [-0.15, -0.1) is 0 Å². The Hall–Kier alpha value is -2.74. The van der Waals surface area contributed by atoms with Crippen LogP contribution in [0.3, 0.4) is 0 Å². The number of hydroxylamine groups is 1. The van der Waals surface area contributed by atoms with Crippen molar-refractivity contribution in [2.24, 2.45) is 5.92 Å². The second-order valence-corrected chi connectivity index (χ2v) is 12.5. The number of ether oxygens (including phenoxy) is 4. The second kappa shape index (κ2) is 13.5. The van der Waals surface area contributed by atoms with Gasteiger partial charge in [0.25, 0.3) is 10.0 Å². The highest BCUT2D eigenvalue weighted by Gasteiger charge is 2.44. The molecule has 5 atom stereocenters. The number of hydrogen-bond acceptors (Lipinski definition) is 9. The lowest BCUT2D eigenvalue weighted by atomic mass is 10.0. The average molecular weight is 591 g/mol. The van der Waals surface area contributed by atoms with E-state index in [0.717, 1.165) is 42.1 Å². The first-order chi connectivity index (χ1) is 19.8. The highest BCUT2D eigenvalue weighted by Crippen LogP contribution is 2.33. The SMILES string of the molecule is COc1ccc(S(=O)(=O)N(C[C@H](O)[C@H](Cc2ccccc2)NC(=O)O[C@@H]2CO[C@@H]3OCC[C@@H]32)OC2CCCC2)cc1. The summed E-state index contributed by atoms with van der Waals surface area (Å²) in [5, 5.41) is 14.2. The van der Waals surface area contributed by atoms with Gasteiger partial charge in [0.2, 0.25) is 0 Å². The van der Waals surface area contributed by atoms with Crippen LogP contribution in [0.5, 0.6) is 5.75 Å². The Morgan fingerprint density at radius 2 is 1.80 bits per heavy atom. The number of benzene rings is 2. The number of hydrogen-bond donors (Lipinski definition) is 2.